The van der Waals surface area contributed by atoms with E-state index < -0.39 is 5.60 Å². The van der Waals surface area contributed by atoms with Gasteiger partial charge in [0.15, 0.2) is 0 Å². The van der Waals surface area contributed by atoms with Gasteiger partial charge >= 0.3 is 0 Å². The average molecular weight is 348 g/mol. The second-order valence-corrected chi connectivity index (χ2v) is 7.05. The van der Waals surface area contributed by atoms with Crippen LogP contribution >= 0.6 is 0 Å². The first kappa shape index (κ1) is 16.9. The number of pyridine rings is 1. The van der Waals surface area contributed by atoms with Crippen LogP contribution in [0.3, 0.4) is 0 Å². The van der Waals surface area contributed by atoms with Gasteiger partial charge in [0.2, 0.25) is 0 Å². The minimum atomic E-state index is -0.549. The minimum absolute atomic E-state index is 0.549. The predicted octanol–water partition coefficient (Wildman–Crippen LogP) is 3.33. The third-order valence-electron chi connectivity index (χ3n) is 5.07. The highest BCUT2D eigenvalue weighted by molar-refractivity contribution is 5.62. The Labute approximate surface area is 153 Å². The van der Waals surface area contributed by atoms with Crippen molar-refractivity contribution >= 4 is 0 Å². The van der Waals surface area contributed by atoms with Crippen molar-refractivity contribution in [1.82, 2.24) is 20.1 Å². The molecule has 5 heteroatoms. The largest absolute Gasteiger partial charge is 0.389 e. The van der Waals surface area contributed by atoms with Crippen molar-refractivity contribution in [3.63, 3.8) is 0 Å². The summed E-state index contributed by atoms with van der Waals surface area (Å²) in [5.41, 5.74) is 3.59. The van der Waals surface area contributed by atoms with Crippen LogP contribution in [0.1, 0.15) is 31.2 Å². The van der Waals surface area contributed by atoms with Gasteiger partial charge in [0, 0.05) is 42.8 Å². The number of para-hydroxylation sites is 1. The molecule has 134 valence electrons. The van der Waals surface area contributed by atoms with E-state index in [4.69, 9.17) is 5.10 Å². The lowest BCUT2D eigenvalue weighted by Crippen LogP contribution is -2.37. The fourth-order valence-corrected chi connectivity index (χ4v) is 3.64. The first-order valence-electron chi connectivity index (χ1n) is 9.21. The van der Waals surface area contributed by atoms with E-state index in [0.29, 0.717) is 13.1 Å². The lowest BCUT2D eigenvalue weighted by atomic mass is 10.0. The molecule has 0 amide bonds. The highest BCUT2D eigenvalue weighted by Crippen LogP contribution is 2.29. The van der Waals surface area contributed by atoms with Crippen LogP contribution in [0.25, 0.3) is 16.9 Å². The van der Waals surface area contributed by atoms with Gasteiger partial charge in [-0.15, -0.1) is 0 Å². The van der Waals surface area contributed by atoms with Crippen molar-refractivity contribution in [2.45, 2.75) is 37.8 Å². The lowest BCUT2D eigenvalue weighted by Gasteiger charge is -2.22. The summed E-state index contributed by atoms with van der Waals surface area (Å²) < 4.78 is 1.91. The van der Waals surface area contributed by atoms with Crippen LogP contribution in [0.5, 0.6) is 0 Å². The zero-order valence-electron chi connectivity index (χ0n) is 14.8. The molecule has 2 heterocycles. The fourth-order valence-electron chi connectivity index (χ4n) is 3.64. The van der Waals surface area contributed by atoms with E-state index in [0.717, 1.165) is 48.2 Å². The smallest absolute Gasteiger partial charge is 0.0973 e. The van der Waals surface area contributed by atoms with Gasteiger partial charge in [0.25, 0.3) is 0 Å². The Balaban J connectivity index is 1.58. The summed E-state index contributed by atoms with van der Waals surface area (Å²) in [5, 5.41) is 18.8. The van der Waals surface area contributed by atoms with Crippen molar-refractivity contribution in [1.29, 1.82) is 0 Å². The summed E-state index contributed by atoms with van der Waals surface area (Å²) in [5.74, 6) is 0. The Morgan fingerprint density at radius 2 is 1.77 bits per heavy atom. The molecular formula is C21H24N4O. The van der Waals surface area contributed by atoms with E-state index >= 15 is 0 Å². The number of aromatic nitrogens is 3. The molecule has 0 atom stereocenters. The average Bonchev–Trinajstić information content (AvgIpc) is 3.30. The third-order valence-corrected chi connectivity index (χ3v) is 5.07. The van der Waals surface area contributed by atoms with Gasteiger partial charge in [-0.1, -0.05) is 31.0 Å². The lowest BCUT2D eigenvalue weighted by molar-refractivity contribution is 0.0475. The maximum atomic E-state index is 10.5. The molecule has 0 spiro atoms. The number of rotatable bonds is 6. The first-order chi connectivity index (χ1) is 12.7. The van der Waals surface area contributed by atoms with E-state index in [9.17, 15) is 5.11 Å². The minimum Gasteiger partial charge on any atom is -0.389 e. The Hall–Kier alpha value is -2.50. The quantitative estimate of drug-likeness (QED) is 0.717. The molecule has 0 bridgehead atoms. The Kier molecular flexibility index (Phi) is 4.82. The van der Waals surface area contributed by atoms with Gasteiger partial charge in [-0.05, 0) is 37.1 Å². The molecule has 5 nitrogen and oxygen atoms in total. The maximum Gasteiger partial charge on any atom is 0.0973 e. The monoisotopic (exact) mass is 348 g/mol. The Morgan fingerprint density at radius 1 is 1.04 bits per heavy atom. The summed E-state index contributed by atoms with van der Waals surface area (Å²) in [6, 6.07) is 14.1. The Morgan fingerprint density at radius 3 is 2.50 bits per heavy atom. The highest BCUT2D eigenvalue weighted by Gasteiger charge is 2.30. The number of benzene rings is 1. The molecule has 1 aliphatic rings. The van der Waals surface area contributed by atoms with Crippen LogP contribution in [0, 0.1) is 0 Å². The molecule has 0 unspecified atom stereocenters. The van der Waals surface area contributed by atoms with Crippen molar-refractivity contribution in [2.75, 3.05) is 6.54 Å². The van der Waals surface area contributed by atoms with E-state index in [1.807, 2.05) is 47.1 Å². The first-order valence-corrected chi connectivity index (χ1v) is 9.21. The van der Waals surface area contributed by atoms with Crippen LogP contribution in [0.15, 0.2) is 61.1 Å². The molecular weight excluding hydrogens is 324 g/mol. The second kappa shape index (κ2) is 7.40. The Bertz CT molecular complexity index is 839. The molecule has 0 saturated heterocycles. The van der Waals surface area contributed by atoms with Crippen LogP contribution in [0.4, 0.5) is 0 Å². The van der Waals surface area contributed by atoms with Crippen LogP contribution in [0.2, 0.25) is 0 Å². The van der Waals surface area contributed by atoms with E-state index in [-0.39, 0.29) is 0 Å². The molecule has 0 radical (unpaired) electrons. The summed E-state index contributed by atoms with van der Waals surface area (Å²) in [4.78, 5) is 4.11. The van der Waals surface area contributed by atoms with Gasteiger partial charge in [0.1, 0.15) is 0 Å². The topological polar surface area (TPSA) is 63.0 Å². The molecule has 2 N–H and O–H groups in total. The van der Waals surface area contributed by atoms with Gasteiger partial charge in [-0.25, -0.2) is 4.68 Å². The molecule has 26 heavy (non-hydrogen) atoms. The van der Waals surface area contributed by atoms with Gasteiger partial charge in [0.05, 0.1) is 17.0 Å². The number of hydrogen-bond donors (Lipinski definition) is 2. The maximum absolute atomic E-state index is 10.5. The van der Waals surface area contributed by atoms with Crippen LogP contribution < -0.4 is 5.32 Å². The normalized spacial score (nSPS) is 16.0. The SMILES string of the molecule is OC1(CNCc2cn(-c3ccccc3)nc2-c2ccncc2)CCCC1. The zero-order chi connectivity index (χ0) is 17.8. The van der Waals surface area contributed by atoms with Gasteiger partial charge < -0.3 is 10.4 Å². The predicted molar refractivity (Wildman–Crippen MR) is 102 cm³/mol. The van der Waals surface area contributed by atoms with Gasteiger partial charge in [-0.3, -0.25) is 4.98 Å². The van der Waals surface area contributed by atoms with Gasteiger partial charge in [-0.2, -0.15) is 5.10 Å². The van der Waals surface area contributed by atoms with Crippen molar-refractivity contribution in [2.24, 2.45) is 0 Å². The molecule has 0 aliphatic heterocycles. The second-order valence-electron chi connectivity index (χ2n) is 7.05. The molecule has 4 rings (SSSR count). The van der Waals surface area contributed by atoms with E-state index in [1.165, 1.54) is 0 Å². The molecule has 3 aromatic rings. The standard InChI is InChI=1S/C21H24N4O/c26-21(10-4-5-11-21)16-23-14-18-15-25(19-6-2-1-3-7-19)24-20(18)17-8-12-22-13-9-17/h1-3,6-9,12-13,15,23,26H,4-5,10-11,14,16H2. The molecule has 1 aliphatic carbocycles. The number of nitrogens with zero attached hydrogens (tertiary/aromatic N) is 3. The molecule has 1 fully saturated rings. The van der Waals surface area contributed by atoms with Crippen molar-refractivity contribution in [3.8, 4) is 16.9 Å². The molecule has 1 saturated carbocycles. The molecule has 2 aromatic heterocycles. The number of aliphatic hydroxyl groups is 1. The van der Waals surface area contributed by atoms with E-state index in [2.05, 4.69) is 16.5 Å². The number of nitrogens with one attached hydrogen (secondary N) is 1. The highest BCUT2D eigenvalue weighted by atomic mass is 16.3. The van der Waals surface area contributed by atoms with Crippen molar-refractivity contribution < 1.29 is 5.11 Å². The van der Waals surface area contributed by atoms with Crippen LogP contribution in [-0.2, 0) is 6.54 Å². The summed E-state index contributed by atoms with van der Waals surface area (Å²) in [6.45, 7) is 1.30. The number of hydrogen-bond acceptors (Lipinski definition) is 4. The summed E-state index contributed by atoms with van der Waals surface area (Å²) in [7, 11) is 0. The third kappa shape index (κ3) is 3.69. The zero-order valence-corrected chi connectivity index (χ0v) is 14.8. The summed E-state index contributed by atoms with van der Waals surface area (Å²) in [6.07, 6.45) is 9.65. The summed E-state index contributed by atoms with van der Waals surface area (Å²) >= 11 is 0. The molecule has 1 aromatic carbocycles. The van der Waals surface area contributed by atoms with Crippen molar-refractivity contribution in [3.05, 3.63) is 66.6 Å². The van der Waals surface area contributed by atoms with E-state index in [1.54, 1.807) is 12.4 Å². The van der Waals surface area contributed by atoms with Crippen LogP contribution in [-0.4, -0.2) is 32.0 Å². The fraction of sp³-hybridized carbons (Fsp3) is 0.333.